The normalized spacial score (nSPS) is 25.1. The molecular formula is C19H28N2O2. The van der Waals surface area contributed by atoms with Crippen molar-refractivity contribution in [1.82, 2.24) is 9.80 Å². The number of amides is 1. The molecule has 0 N–H and O–H groups in total. The number of carbonyl (C=O) groups is 1. The lowest BCUT2D eigenvalue weighted by molar-refractivity contribution is -0.130. The van der Waals surface area contributed by atoms with E-state index >= 15 is 0 Å². The second-order valence-corrected chi connectivity index (χ2v) is 6.92. The Morgan fingerprint density at radius 2 is 1.96 bits per heavy atom. The minimum absolute atomic E-state index is 0.229. The molecule has 2 atom stereocenters. The van der Waals surface area contributed by atoms with Crippen molar-refractivity contribution >= 4 is 5.91 Å². The summed E-state index contributed by atoms with van der Waals surface area (Å²) in [7, 11) is 1.74. The summed E-state index contributed by atoms with van der Waals surface area (Å²) in [6.45, 7) is 6.79. The number of methoxy groups -OCH3 is 1. The predicted octanol–water partition coefficient (Wildman–Crippen LogP) is 2.98. The fourth-order valence-corrected chi connectivity index (χ4v) is 4.32. The van der Waals surface area contributed by atoms with Gasteiger partial charge in [-0.15, -0.1) is 0 Å². The SMILES string of the molecule is COc1ccc(C)cc1CN1CCC[C@@H]1[C@H]1CCCN1C(C)=O. The summed E-state index contributed by atoms with van der Waals surface area (Å²) in [5.41, 5.74) is 2.52. The molecule has 3 rings (SSSR count). The Hall–Kier alpha value is -1.55. The summed E-state index contributed by atoms with van der Waals surface area (Å²) >= 11 is 0. The summed E-state index contributed by atoms with van der Waals surface area (Å²) < 4.78 is 5.54. The summed E-state index contributed by atoms with van der Waals surface area (Å²) in [4.78, 5) is 16.6. The molecule has 4 heteroatoms. The molecule has 2 aliphatic heterocycles. The van der Waals surface area contributed by atoms with Gasteiger partial charge >= 0.3 is 0 Å². The highest BCUT2D eigenvalue weighted by Gasteiger charge is 2.38. The minimum Gasteiger partial charge on any atom is -0.496 e. The average Bonchev–Trinajstić information content (AvgIpc) is 3.15. The van der Waals surface area contributed by atoms with Crippen LogP contribution in [-0.2, 0) is 11.3 Å². The van der Waals surface area contributed by atoms with E-state index < -0.39 is 0 Å². The van der Waals surface area contributed by atoms with Crippen molar-refractivity contribution in [3.8, 4) is 5.75 Å². The van der Waals surface area contributed by atoms with Crippen LogP contribution in [0.4, 0.5) is 0 Å². The van der Waals surface area contributed by atoms with Crippen molar-refractivity contribution in [2.75, 3.05) is 20.2 Å². The number of hydrogen-bond acceptors (Lipinski definition) is 3. The topological polar surface area (TPSA) is 32.8 Å². The van der Waals surface area contributed by atoms with Crippen molar-refractivity contribution in [1.29, 1.82) is 0 Å². The van der Waals surface area contributed by atoms with Gasteiger partial charge < -0.3 is 9.64 Å². The second-order valence-electron chi connectivity index (χ2n) is 6.92. The fourth-order valence-electron chi connectivity index (χ4n) is 4.32. The minimum atomic E-state index is 0.229. The highest BCUT2D eigenvalue weighted by Crippen LogP contribution is 2.32. The van der Waals surface area contributed by atoms with Crippen LogP contribution < -0.4 is 4.74 Å². The van der Waals surface area contributed by atoms with Crippen molar-refractivity contribution < 1.29 is 9.53 Å². The molecule has 0 aliphatic carbocycles. The number of carbonyl (C=O) groups excluding carboxylic acids is 1. The average molecular weight is 316 g/mol. The van der Waals surface area contributed by atoms with Crippen LogP contribution >= 0.6 is 0 Å². The highest BCUT2D eigenvalue weighted by molar-refractivity contribution is 5.74. The van der Waals surface area contributed by atoms with Crippen LogP contribution in [0.5, 0.6) is 5.75 Å². The first-order valence-corrected chi connectivity index (χ1v) is 8.75. The number of aryl methyl sites for hydroxylation is 1. The third kappa shape index (κ3) is 3.37. The zero-order chi connectivity index (χ0) is 16.4. The van der Waals surface area contributed by atoms with Crippen LogP contribution in [-0.4, -0.2) is 48.0 Å². The van der Waals surface area contributed by atoms with Crippen molar-refractivity contribution in [2.24, 2.45) is 0 Å². The Morgan fingerprint density at radius 1 is 1.22 bits per heavy atom. The standard InChI is InChI=1S/C19H28N2O2/c1-14-8-9-19(23-3)16(12-14)13-20-10-4-6-17(20)18-7-5-11-21(18)15(2)22/h8-9,12,17-18H,4-7,10-11,13H2,1-3H3/t17-,18-/m1/s1. The molecule has 1 amide bonds. The first-order chi connectivity index (χ1) is 11.1. The maximum atomic E-state index is 11.9. The molecule has 0 spiro atoms. The summed E-state index contributed by atoms with van der Waals surface area (Å²) in [5.74, 6) is 1.20. The van der Waals surface area contributed by atoms with Crippen LogP contribution in [0.15, 0.2) is 18.2 Å². The van der Waals surface area contributed by atoms with Crippen LogP contribution in [0, 0.1) is 6.92 Å². The quantitative estimate of drug-likeness (QED) is 0.856. The second kappa shape index (κ2) is 6.91. The number of nitrogens with zero attached hydrogens (tertiary/aromatic N) is 2. The van der Waals surface area contributed by atoms with Crippen LogP contribution in [0.25, 0.3) is 0 Å². The van der Waals surface area contributed by atoms with Crippen LogP contribution in [0.2, 0.25) is 0 Å². The lowest BCUT2D eigenvalue weighted by Crippen LogP contribution is -2.47. The molecule has 0 aromatic heterocycles. The van der Waals surface area contributed by atoms with E-state index in [9.17, 15) is 4.79 Å². The van der Waals surface area contributed by atoms with E-state index in [1.54, 1.807) is 14.0 Å². The Labute approximate surface area is 139 Å². The molecule has 1 aromatic rings. The lowest BCUT2D eigenvalue weighted by Gasteiger charge is -2.35. The molecule has 0 radical (unpaired) electrons. The molecule has 126 valence electrons. The van der Waals surface area contributed by atoms with Gasteiger partial charge in [0.15, 0.2) is 0 Å². The smallest absolute Gasteiger partial charge is 0.219 e. The number of ether oxygens (including phenoxy) is 1. The van der Waals surface area contributed by atoms with Gasteiger partial charge in [0.25, 0.3) is 0 Å². The Bertz CT molecular complexity index is 572. The predicted molar refractivity (Wildman–Crippen MR) is 91.6 cm³/mol. The fraction of sp³-hybridized carbons (Fsp3) is 0.632. The van der Waals surface area contributed by atoms with E-state index in [4.69, 9.17) is 4.74 Å². The molecule has 0 unspecified atom stereocenters. The lowest BCUT2D eigenvalue weighted by atomic mass is 10.0. The van der Waals surface area contributed by atoms with Gasteiger partial charge in [0.05, 0.1) is 7.11 Å². The van der Waals surface area contributed by atoms with E-state index in [-0.39, 0.29) is 5.91 Å². The van der Waals surface area contributed by atoms with Gasteiger partial charge in [-0.2, -0.15) is 0 Å². The summed E-state index contributed by atoms with van der Waals surface area (Å²) in [6, 6.07) is 7.27. The van der Waals surface area contributed by atoms with E-state index in [0.717, 1.165) is 38.2 Å². The van der Waals surface area contributed by atoms with E-state index in [1.165, 1.54) is 24.0 Å². The van der Waals surface area contributed by atoms with Gasteiger partial charge in [-0.25, -0.2) is 0 Å². The van der Waals surface area contributed by atoms with Crippen molar-refractivity contribution in [2.45, 2.75) is 58.2 Å². The number of benzene rings is 1. The maximum Gasteiger partial charge on any atom is 0.219 e. The van der Waals surface area contributed by atoms with Gasteiger partial charge in [0.1, 0.15) is 5.75 Å². The van der Waals surface area contributed by atoms with Crippen LogP contribution in [0.3, 0.4) is 0 Å². The first kappa shape index (κ1) is 16.3. The Balaban J connectivity index is 1.77. The van der Waals surface area contributed by atoms with E-state index in [1.807, 2.05) is 0 Å². The molecule has 2 aliphatic rings. The molecule has 4 nitrogen and oxygen atoms in total. The van der Waals surface area contributed by atoms with Gasteiger partial charge in [-0.3, -0.25) is 9.69 Å². The molecule has 2 fully saturated rings. The molecule has 23 heavy (non-hydrogen) atoms. The van der Waals surface area contributed by atoms with Crippen LogP contribution in [0.1, 0.15) is 43.7 Å². The van der Waals surface area contributed by atoms with Gasteiger partial charge in [-0.05, 0) is 45.2 Å². The third-order valence-corrected chi connectivity index (χ3v) is 5.37. The maximum absolute atomic E-state index is 11.9. The van der Waals surface area contributed by atoms with Gasteiger partial charge in [0.2, 0.25) is 5.91 Å². The van der Waals surface area contributed by atoms with Crippen molar-refractivity contribution in [3.05, 3.63) is 29.3 Å². The molecule has 0 bridgehead atoms. The monoisotopic (exact) mass is 316 g/mol. The Morgan fingerprint density at radius 3 is 2.70 bits per heavy atom. The molecular weight excluding hydrogens is 288 g/mol. The third-order valence-electron chi connectivity index (χ3n) is 5.37. The largest absolute Gasteiger partial charge is 0.496 e. The zero-order valence-electron chi connectivity index (χ0n) is 14.5. The van der Waals surface area contributed by atoms with Crippen molar-refractivity contribution in [3.63, 3.8) is 0 Å². The number of rotatable bonds is 4. The molecule has 2 saturated heterocycles. The van der Waals surface area contributed by atoms with Gasteiger partial charge in [-0.1, -0.05) is 17.7 Å². The Kier molecular flexibility index (Phi) is 4.90. The summed E-state index contributed by atoms with van der Waals surface area (Å²) in [6.07, 6.45) is 4.71. The van der Waals surface area contributed by atoms with E-state index in [2.05, 4.69) is 34.9 Å². The first-order valence-electron chi connectivity index (χ1n) is 8.75. The number of likely N-dealkylation sites (tertiary alicyclic amines) is 2. The van der Waals surface area contributed by atoms with E-state index in [0.29, 0.717) is 12.1 Å². The zero-order valence-corrected chi connectivity index (χ0v) is 14.5. The highest BCUT2D eigenvalue weighted by atomic mass is 16.5. The molecule has 0 saturated carbocycles. The van der Waals surface area contributed by atoms with Gasteiger partial charge in [0, 0.05) is 37.7 Å². The molecule has 1 aromatic carbocycles. The molecule has 2 heterocycles. The summed E-state index contributed by atoms with van der Waals surface area (Å²) in [5, 5.41) is 0. The number of hydrogen-bond donors (Lipinski definition) is 0.